The van der Waals surface area contributed by atoms with Crippen LogP contribution < -0.4 is 0 Å². The van der Waals surface area contributed by atoms with E-state index in [0.717, 1.165) is 24.2 Å². The zero-order chi connectivity index (χ0) is 23.1. The molecule has 2 nitrogen and oxygen atoms in total. The average molecular weight is 645 g/mol. The summed E-state index contributed by atoms with van der Waals surface area (Å²) in [6.45, 7) is 0. The van der Waals surface area contributed by atoms with Crippen molar-refractivity contribution in [1.29, 1.82) is 0 Å². The standard InChI is InChI=1S/C26H16Br2N2S4/c27-17-13-23(19-5-1-3-7-29-19)33-21(17)9-15-11-25-26(31-15)12-16(32-25)10-22-18(28)14-24(34-22)20-6-2-4-8-30-20/h1-8,11-14H,9-10H2. The van der Waals surface area contributed by atoms with Gasteiger partial charge in [-0.05, 0) is 80.4 Å². The van der Waals surface area contributed by atoms with E-state index in [1.165, 1.54) is 47.6 Å². The lowest BCUT2D eigenvalue weighted by molar-refractivity contribution is 1.29. The van der Waals surface area contributed by atoms with Crippen LogP contribution in [0.2, 0.25) is 0 Å². The molecule has 34 heavy (non-hydrogen) atoms. The van der Waals surface area contributed by atoms with Crippen molar-refractivity contribution in [1.82, 2.24) is 9.97 Å². The van der Waals surface area contributed by atoms with Gasteiger partial charge in [0.2, 0.25) is 0 Å². The molecule has 0 aliphatic rings. The first-order valence-electron chi connectivity index (χ1n) is 10.5. The average Bonchev–Trinajstić information content (AvgIpc) is 3.60. The van der Waals surface area contributed by atoms with E-state index in [1.54, 1.807) is 0 Å². The van der Waals surface area contributed by atoms with Gasteiger partial charge in [-0.25, -0.2) is 0 Å². The molecule has 0 unspecified atom stereocenters. The molecule has 8 heteroatoms. The number of pyridine rings is 2. The van der Waals surface area contributed by atoms with Crippen LogP contribution in [0.5, 0.6) is 0 Å². The molecule has 0 atom stereocenters. The van der Waals surface area contributed by atoms with E-state index in [1.807, 2.05) is 82.0 Å². The van der Waals surface area contributed by atoms with Gasteiger partial charge in [-0.3, -0.25) is 9.97 Å². The summed E-state index contributed by atoms with van der Waals surface area (Å²) in [7, 11) is 0. The summed E-state index contributed by atoms with van der Waals surface area (Å²) in [5.74, 6) is 0. The number of hydrogen-bond acceptors (Lipinski definition) is 6. The third-order valence-corrected chi connectivity index (χ3v) is 11.9. The zero-order valence-electron chi connectivity index (χ0n) is 17.6. The Kier molecular flexibility index (Phi) is 6.53. The molecule has 0 N–H and O–H groups in total. The summed E-state index contributed by atoms with van der Waals surface area (Å²) in [5, 5.41) is 0. The van der Waals surface area contributed by atoms with E-state index in [0.29, 0.717) is 0 Å². The number of nitrogens with zero attached hydrogens (tertiary/aromatic N) is 2. The summed E-state index contributed by atoms with van der Waals surface area (Å²) in [4.78, 5) is 16.9. The van der Waals surface area contributed by atoms with Crippen molar-refractivity contribution < 1.29 is 0 Å². The molecule has 0 radical (unpaired) electrons. The number of hydrogen-bond donors (Lipinski definition) is 0. The van der Waals surface area contributed by atoms with Crippen LogP contribution in [0.15, 0.2) is 82.0 Å². The molecular formula is C26H16Br2N2S4. The lowest BCUT2D eigenvalue weighted by Crippen LogP contribution is -1.80. The van der Waals surface area contributed by atoms with Crippen molar-refractivity contribution in [2.24, 2.45) is 0 Å². The Bertz CT molecular complexity index is 1430. The van der Waals surface area contributed by atoms with Gasteiger partial charge in [0, 0.05) is 63.1 Å². The highest BCUT2D eigenvalue weighted by Gasteiger charge is 2.15. The van der Waals surface area contributed by atoms with Crippen molar-refractivity contribution in [3.8, 4) is 21.1 Å². The van der Waals surface area contributed by atoms with Crippen molar-refractivity contribution in [3.05, 3.63) is 102 Å². The van der Waals surface area contributed by atoms with Crippen molar-refractivity contribution in [2.45, 2.75) is 12.8 Å². The van der Waals surface area contributed by atoms with Crippen molar-refractivity contribution >= 4 is 86.6 Å². The molecule has 0 aliphatic heterocycles. The van der Waals surface area contributed by atoms with Crippen LogP contribution in [0.25, 0.3) is 30.5 Å². The summed E-state index contributed by atoms with van der Waals surface area (Å²) in [5.41, 5.74) is 2.06. The van der Waals surface area contributed by atoms with E-state index in [-0.39, 0.29) is 0 Å². The predicted octanol–water partition coefficient (Wildman–Crippen LogP) is 9.92. The lowest BCUT2D eigenvalue weighted by Gasteiger charge is -1.97. The number of thiophene rings is 4. The van der Waals surface area contributed by atoms with Gasteiger partial charge in [-0.2, -0.15) is 0 Å². The molecular weight excluding hydrogens is 628 g/mol. The first-order chi connectivity index (χ1) is 16.6. The second-order valence-electron chi connectivity index (χ2n) is 7.70. The summed E-state index contributed by atoms with van der Waals surface area (Å²) >= 11 is 15.0. The normalized spacial score (nSPS) is 11.5. The highest BCUT2D eigenvalue weighted by Crippen LogP contribution is 2.41. The number of rotatable bonds is 6. The van der Waals surface area contributed by atoms with Crippen LogP contribution in [0.3, 0.4) is 0 Å². The maximum atomic E-state index is 4.49. The van der Waals surface area contributed by atoms with Gasteiger partial charge in [0.25, 0.3) is 0 Å². The molecule has 6 heterocycles. The highest BCUT2D eigenvalue weighted by atomic mass is 79.9. The maximum absolute atomic E-state index is 4.49. The minimum Gasteiger partial charge on any atom is -0.255 e. The Morgan fingerprint density at radius 2 is 1.06 bits per heavy atom. The molecule has 0 fully saturated rings. The fraction of sp³-hybridized carbons (Fsp3) is 0.0769. The highest BCUT2D eigenvalue weighted by molar-refractivity contribution is 9.11. The Labute approximate surface area is 230 Å². The minimum absolute atomic E-state index is 0.948. The topological polar surface area (TPSA) is 25.8 Å². The molecule has 0 bridgehead atoms. The largest absolute Gasteiger partial charge is 0.255 e. The molecule has 0 spiro atoms. The summed E-state index contributed by atoms with van der Waals surface area (Å²) in [6, 6.07) is 21.2. The lowest BCUT2D eigenvalue weighted by atomic mass is 10.2. The fourth-order valence-corrected chi connectivity index (χ4v) is 10.0. The monoisotopic (exact) mass is 642 g/mol. The first-order valence-corrected chi connectivity index (χ1v) is 15.4. The van der Waals surface area contributed by atoms with Gasteiger partial charge in [0.15, 0.2) is 0 Å². The molecule has 0 aliphatic carbocycles. The quantitative estimate of drug-likeness (QED) is 0.180. The smallest absolute Gasteiger partial charge is 0.0802 e. The van der Waals surface area contributed by atoms with E-state index in [4.69, 9.17) is 0 Å². The van der Waals surface area contributed by atoms with Gasteiger partial charge >= 0.3 is 0 Å². The number of aromatic nitrogens is 2. The van der Waals surface area contributed by atoms with Crippen molar-refractivity contribution in [3.63, 3.8) is 0 Å². The molecule has 6 rings (SSSR count). The summed E-state index contributed by atoms with van der Waals surface area (Å²) in [6.07, 6.45) is 5.59. The van der Waals surface area contributed by atoms with Crippen molar-refractivity contribution in [2.75, 3.05) is 0 Å². The van der Waals surface area contributed by atoms with Gasteiger partial charge in [0.1, 0.15) is 0 Å². The van der Waals surface area contributed by atoms with Crippen LogP contribution >= 0.6 is 77.2 Å². The fourth-order valence-electron chi connectivity index (χ4n) is 3.75. The Morgan fingerprint density at radius 3 is 1.47 bits per heavy atom. The van der Waals surface area contributed by atoms with Crippen LogP contribution in [0.4, 0.5) is 0 Å². The van der Waals surface area contributed by atoms with Gasteiger partial charge < -0.3 is 0 Å². The molecule has 0 saturated carbocycles. The third-order valence-electron chi connectivity index (χ3n) is 5.33. The van der Waals surface area contributed by atoms with Crippen LogP contribution in [-0.2, 0) is 12.8 Å². The number of halogens is 2. The van der Waals surface area contributed by atoms with E-state index < -0.39 is 0 Å². The SMILES string of the molecule is Brc1cc(-c2ccccn2)sc1Cc1cc2sc(Cc3sc(-c4ccccn4)cc3Br)cc2s1. The maximum Gasteiger partial charge on any atom is 0.0802 e. The van der Waals surface area contributed by atoms with Crippen LogP contribution in [0, 0.1) is 0 Å². The van der Waals surface area contributed by atoms with E-state index in [2.05, 4.69) is 78.2 Å². The molecule has 0 amide bonds. The third kappa shape index (κ3) is 4.72. The van der Waals surface area contributed by atoms with E-state index in [9.17, 15) is 0 Å². The predicted molar refractivity (Wildman–Crippen MR) is 156 cm³/mol. The van der Waals surface area contributed by atoms with Gasteiger partial charge in [-0.15, -0.1) is 45.3 Å². The first kappa shape index (κ1) is 22.8. The summed E-state index contributed by atoms with van der Waals surface area (Å²) < 4.78 is 5.10. The molecule has 6 aromatic heterocycles. The molecule has 6 aromatic rings. The molecule has 168 valence electrons. The Balaban J connectivity index is 1.20. The molecule has 0 saturated heterocycles. The second-order valence-corrected chi connectivity index (χ2v) is 14.0. The van der Waals surface area contributed by atoms with Gasteiger partial charge in [-0.1, -0.05) is 12.1 Å². The second kappa shape index (κ2) is 9.76. The van der Waals surface area contributed by atoms with E-state index >= 15 is 0 Å². The van der Waals surface area contributed by atoms with Crippen LogP contribution in [0.1, 0.15) is 19.5 Å². The molecule has 0 aromatic carbocycles. The Morgan fingerprint density at radius 1 is 0.588 bits per heavy atom. The van der Waals surface area contributed by atoms with Crippen LogP contribution in [-0.4, -0.2) is 9.97 Å². The minimum atomic E-state index is 0.948. The van der Waals surface area contributed by atoms with Gasteiger partial charge in [0.05, 0.1) is 21.1 Å². The zero-order valence-corrected chi connectivity index (χ0v) is 24.1. The number of fused-ring (bicyclic) bond motifs is 1. The Hall–Kier alpha value is -1.68.